The zero-order chi connectivity index (χ0) is 22.5. The molecule has 9 heteroatoms. The van der Waals surface area contributed by atoms with Gasteiger partial charge in [0.25, 0.3) is 11.5 Å². The molecule has 0 aliphatic rings. The van der Waals surface area contributed by atoms with Crippen LogP contribution >= 0.6 is 0 Å². The second-order valence-electron chi connectivity index (χ2n) is 7.87. The molecular formula is C21H29N7O2. The quantitative estimate of drug-likeness (QED) is 0.235. The van der Waals surface area contributed by atoms with Gasteiger partial charge >= 0.3 is 0 Å². The van der Waals surface area contributed by atoms with Crippen molar-refractivity contribution < 1.29 is 4.79 Å². The molecule has 2 rings (SSSR count). The van der Waals surface area contributed by atoms with Gasteiger partial charge < -0.3 is 27.9 Å². The highest BCUT2D eigenvalue weighted by molar-refractivity contribution is 6.04. The van der Waals surface area contributed by atoms with Crippen LogP contribution in [0.5, 0.6) is 0 Å². The number of benzene rings is 1. The summed E-state index contributed by atoms with van der Waals surface area (Å²) in [6, 6.07) is 8.61. The second kappa shape index (κ2) is 9.27. The Morgan fingerprint density at radius 3 is 2.40 bits per heavy atom. The van der Waals surface area contributed by atoms with Crippen molar-refractivity contribution in [2.75, 3.05) is 24.2 Å². The number of amidine groups is 1. The van der Waals surface area contributed by atoms with Crippen LogP contribution in [-0.4, -0.2) is 29.5 Å². The number of hydrogen-bond acceptors (Lipinski definition) is 6. The fourth-order valence-electron chi connectivity index (χ4n) is 2.66. The van der Waals surface area contributed by atoms with E-state index < -0.39 is 11.5 Å². The lowest BCUT2D eigenvalue weighted by Gasteiger charge is -2.19. The van der Waals surface area contributed by atoms with Gasteiger partial charge in [0.2, 0.25) is 0 Å². The molecule has 0 spiro atoms. The van der Waals surface area contributed by atoms with E-state index in [-0.39, 0.29) is 22.6 Å². The largest absolute Gasteiger partial charge is 0.398 e. The van der Waals surface area contributed by atoms with Crippen LogP contribution in [0, 0.1) is 5.41 Å². The average Bonchev–Trinajstić information content (AvgIpc) is 2.68. The number of pyridine rings is 1. The van der Waals surface area contributed by atoms with Crippen LogP contribution < -0.4 is 33.5 Å². The van der Waals surface area contributed by atoms with Gasteiger partial charge in [0.15, 0.2) is 0 Å². The SMILES string of the molecule is CC(C)(C)c1ccc(C(=O)Nc2cc(/C(N)=C/C(=N)NCCN)cn(N)c2=O)cc1. The van der Waals surface area contributed by atoms with Crippen molar-refractivity contribution in [1.29, 1.82) is 5.41 Å². The number of nitrogens with zero attached hydrogens (tertiary/aromatic N) is 1. The third kappa shape index (κ3) is 5.71. The van der Waals surface area contributed by atoms with Gasteiger partial charge in [-0.15, -0.1) is 0 Å². The van der Waals surface area contributed by atoms with Crippen molar-refractivity contribution in [1.82, 2.24) is 9.99 Å². The lowest BCUT2D eigenvalue weighted by Crippen LogP contribution is -2.31. The summed E-state index contributed by atoms with van der Waals surface area (Å²) in [7, 11) is 0. The van der Waals surface area contributed by atoms with E-state index in [1.54, 1.807) is 12.1 Å². The number of nitrogen functional groups attached to an aromatic ring is 1. The maximum atomic E-state index is 12.6. The highest BCUT2D eigenvalue weighted by Crippen LogP contribution is 2.22. The summed E-state index contributed by atoms with van der Waals surface area (Å²) >= 11 is 0. The average molecular weight is 412 g/mol. The number of amides is 1. The van der Waals surface area contributed by atoms with Crippen molar-refractivity contribution in [3.63, 3.8) is 0 Å². The third-order valence-electron chi connectivity index (χ3n) is 4.40. The molecule has 0 unspecified atom stereocenters. The summed E-state index contributed by atoms with van der Waals surface area (Å²) in [5, 5.41) is 13.2. The molecule has 1 aromatic carbocycles. The minimum Gasteiger partial charge on any atom is -0.398 e. The van der Waals surface area contributed by atoms with E-state index in [4.69, 9.17) is 22.7 Å². The zero-order valence-corrected chi connectivity index (χ0v) is 17.5. The lowest BCUT2D eigenvalue weighted by atomic mass is 9.87. The monoisotopic (exact) mass is 411 g/mol. The van der Waals surface area contributed by atoms with Crippen molar-refractivity contribution in [2.45, 2.75) is 26.2 Å². The maximum Gasteiger partial charge on any atom is 0.292 e. The Kier molecular flexibility index (Phi) is 7.01. The van der Waals surface area contributed by atoms with Gasteiger partial charge in [0.05, 0.1) is 0 Å². The predicted molar refractivity (Wildman–Crippen MR) is 121 cm³/mol. The summed E-state index contributed by atoms with van der Waals surface area (Å²) in [4.78, 5) is 25.0. The molecule has 0 saturated heterocycles. The first kappa shape index (κ1) is 22.7. The van der Waals surface area contributed by atoms with E-state index in [1.165, 1.54) is 18.3 Å². The molecule has 0 saturated carbocycles. The van der Waals surface area contributed by atoms with Crippen LogP contribution in [-0.2, 0) is 5.41 Å². The summed E-state index contributed by atoms with van der Waals surface area (Å²) in [6.07, 6.45) is 2.71. The lowest BCUT2D eigenvalue weighted by molar-refractivity contribution is 0.102. The molecule has 1 amide bonds. The molecule has 2 aromatic rings. The van der Waals surface area contributed by atoms with Crippen LogP contribution in [0.2, 0.25) is 0 Å². The van der Waals surface area contributed by atoms with E-state index >= 15 is 0 Å². The Bertz CT molecular complexity index is 1020. The topological polar surface area (TPSA) is 165 Å². The molecule has 1 aromatic heterocycles. The Balaban J connectivity index is 2.27. The molecule has 0 bridgehead atoms. The Labute approximate surface area is 175 Å². The first-order chi connectivity index (χ1) is 14.0. The second-order valence-corrected chi connectivity index (χ2v) is 7.87. The van der Waals surface area contributed by atoms with E-state index in [2.05, 4.69) is 31.4 Å². The van der Waals surface area contributed by atoms with Gasteiger partial charge in [-0.25, -0.2) is 4.68 Å². The minimum atomic E-state index is -0.581. The number of aromatic nitrogens is 1. The van der Waals surface area contributed by atoms with Crippen LogP contribution in [0.25, 0.3) is 5.70 Å². The molecule has 0 atom stereocenters. The van der Waals surface area contributed by atoms with E-state index in [1.807, 2.05) is 12.1 Å². The number of rotatable bonds is 6. The highest BCUT2D eigenvalue weighted by Gasteiger charge is 2.16. The van der Waals surface area contributed by atoms with Crippen LogP contribution in [0.4, 0.5) is 5.69 Å². The molecule has 9 nitrogen and oxygen atoms in total. The third-order valence-corrected chi connectivity index (χ3v) is 4.40. The normalized spacial score (nSPS) is 11.8. The molecule has 9 N–H and O–H groups in total. The standard InChI is InChI=1S/C21H29N7O2/c1-21(2,3)15-6-4-13(5-7-15)19(29)27-17-10-14(12-28(25)20(17)30)16(23)11-18(24)26-9-8-22/h4-7,10-12H,8-9,22-23,25H2,1-3H3,(H2,24,26)(H,27,29)/b16-11-. The first-order valence-electron chi connectivity index (χ1n) is 9.46. The maximum absolute atomic E-state index is 12.6. The van der Waals surface area contributed by atoms with Crippen molar-refractivity contribution >= 4 is 23.1 Å². The van der Waals surface area contributed by atoms with Gasteiger partial charge in [0.1, 0.15) is 11.5 Å². The highest BCUT2D eigenvalue weighted by atomic mass is 16.2. The zero-order valence-electron chi connectivity index (χ0n) is 17.5. The van der Waals surface area contributed by atoms with E-state index in [0.29, 0.717) is 24.2 Å². The fourth-order valence-corrected chi connectivity index (χ4v) is 2.66. The minimum absolute atomic E-state index is 0.0160. The molecule has 0 radical (unpaired) electrons. The van der Waals surface area contributed by atoms with Crippen LogP contribution in [0.1, 0.15) is 42.3 Å². The van der Waals surface area contributed by atoms with Crippen molar-refractivity contribution in [2.24, 2.45) is 11.5 Å². The number of hydrogen-bond donors (Lipinski definition) is 6. The van der Waals surface area contributed by atoms with Gasteiger partial charge in [-0.05, 0) is 29.2 Å². The number of carbonyl (C=O) groups is 1. The van der Waals surface area contributed by atoms with Gasteiger partial charge in [0, 0.05) is 42.2 Å². The Morgan fingerprint density at radius 2 is 1.83 bits per heavy atom. The van der Waals surface area contributed by atoms with Crippen LogP contribution in [0.15, 0.2) is 47.4 Å². The number of nitrogens with one attached hydrogen (secondary N) is 3. The van der Waals surface area contributed by atoms with Crippen molar-refractivity contribution in [3.8, 4) is 0 Å². The van der Waals surface area contributed by atoms with E-state index in [9.17, 15) is 9.59 Å². The molecule has 0 aliphatic heterocycles. The first-order valence-corrected chi connectivity index (χ1v) is 9.46. The summed E-state index contributed by atoms with van der Waals surface area (Å²) < 4.78 is 0.839. The number of nitrogens with two attached hydrogens (primary N) is 3. The number of anilines is 1. The smallest absolute Gasteiger partial charge is 0.292 e. The number of carbonyl (C=O) groups excluding carboxylic acids is 1. The fraction of sp³-hybridized carbons (Fsp3) is 0.286. The molecule has 30 heavy (non-hydrogen) atoms. The van der Waals surface area contributed by atoms with Gasteiger partial charge in [-0.2, -0.15) is 0 Å². The summed E-state index contributed by atoms with van der Waals surface area (Å²) in [6.45, 7) is 7.05. The molecule has 1 heterocycles. The summed E-state index contributed by atoms with van der Waals surface area (Å²) in [5.41, 5.74) is 12.9. The van der Waals surface area contributed by atoms with Gasteiger partial charge in [-0.3, -0.25) is 15.0 Å². The molecule has 160 valence electrons. The summed E-state index contributed by atoms with van der Waals surface area (Å²) in [5.74, 6) is 5.36. The molecular weight excluding hydrogens is 382 g/mol. The predicted octanol–water partition coefficient (Wildman–Crippen LogP) is 0.937. The molecule has 0 aliphatic carbocycles. The Hall–Kier alpha value is -3.59. The van der Waals surface area contributed by atoms with E-state index in [0.717, 1.165) is 10.2 Å². The van der Waals surface area contributed by atoms with Crippen molar-refractivity contribution in [3.05, 3.63) is 69.6 Å². The van der Waals surface area contributed by atoms with Crippen LogP contribution in [0.3, 0.4) is 0 Å². The van der Waals surface area contributed by atoms with Gasteiger partial charge in [-0.1, -0.05) is 32.9 Å². The Morgan fingerprint density at radius 1 is 1.20 bits per heavy atom. The molecule has 0 fully saturated rings.